The van der Waals surface area contributed by atoms with Gasteiger partial charge in [-0.15, -0.1) is 0 Å². The number of esters is 1. The molecule has 2 N–H and O–H groups in total. The van der Waals surface area contributed by atoms with Crippen LogP contribution in [0, 0.1) is 0 Å². The van der Waals surface area contributed by atoms with Crippen LogP contribution in [0.4, 0.5) is 0 Å². The smallest absolute Gasteiger partial charge is 0.326 e. The molecule has 0 aliphatic carbocycles. The SMILES string of the molecule is CCCCCCCSC[C@H](N[C@@H](C)C(=O)N1CCC[C@@H]1C(=O)O)C(=O)OCC. The highest BCUT2D eigenvalue weighted by Gasteiger charge is 2.36. The summed E-state index contributed by atoms with van der Waals surface area (Å²) in [6.07, 6.45) is 7.18. The summed E-state index contributed by atoms with van der Waals surface area (Å²) in [5.41, 5.74) is 0. The Labute approximate surface area is 172 Å². The summed E-state index contributed by atoms with van der Waals surface area (Å²) in [6.45, 7) is 6.35. The molecule has 0 saturated carbocycles. The van der Waals surface area contributed by atoms with E-state index in [2.05, 4.69) is 12.2 Å². The van der Waals surface area contributed by atoms with Crippen molar-refractivity contribution >= 4 is 29.6 Å². The van der Waals surface area contributed by atoms with Gasteiger partial charge < -0.3 is 14.7 Å². The molecule has 0 radical (unpaired) electrons. The van der Waals surface area contributed by atoms with Crippen molar-refractivity contribution in [1.82, 2.24) is 10.2 Å². The molecule has 0 aromatic heterocycles. The molecule has 0 bridgehead atoms. The number of thioether (sulfide) groups is 1. The molecule has 8 heteroatoms. The van der Waals surface area contributed by atoms with Gasteiger partial charge in [0, 0.05) is 12.3 Å². The second kappa shape index (κ2) is 13.8. The summed E-state index contributed by atoms with van der Waals surface area (Å²) in [5, 5.41) is 12.4. The molecule has 1 heterocycles. The highest BCUT2D eigenvalue weighted by Crippen LogP contribution is 2.19. The quantitative estimate of drug-likeness (QED) is 0.332. The minimum Gasteiger partial charge on any atom is -0.480 e. The fraction of sp³-hybridized carbons (Fsp3) is 0.850. The molecule has 3 atom stereocenters. The van der Waals surface area contributed by atoms with Crippen molar-refractivity contribution in [2.75, 3.05) is 24.7 Å². The van der Waals surface area contributed by atoms with E-state index in [1.807, 2.05) is 0 Å². The second-order valence-electron chi connectivity index (χ2n) is 7.21. The maximum absolute atomic E-state index is 12.7. The number of amides is 1. The molecule has 7 nitrogen and oxygen atoms in total. The minimum atomic E-state index is -0.973. The third-order valence-electron chi connectivity index (χ3n) is 4.89. The molecule has 162 valence electrons. The lowest BCUT2D eigenvalue weighted by Crippen LogP contribution is -2.54. The van der Waals surface area contributed by atoms with Crippen LogP contribution in [0.3, 0.4) is 0 Å². The number of carbonyl (C=O) groups is 3. The molecule has 1 fully saturated rings. The number of nitrogens with zero attached hydrogens (tertiary/aromatic N) is 1. The Balaban J connectivity index is 2.53. The summed E-state index contributed by atoms with van der Waals surface area (Å²) < 4.78 is 5.15. The van der Waals surface area contributed by atoms with Crippen LogP contribution in [0.5, 0.6) is 0 Å². The molecule has 1 saturated heterocycles. The van der Waals surface area contributed by atoms with Crippen molar-refractivity contribution in [2.45, 2.75) is 83.8 Å². The number of unbranched alkanes of at least 4 members (excludes halogenated alkanes) is 4. The summed E-state index contributed by atoms with van der Waals surface area (Å²) in [4.78, 5) is 37.7. The topological polar surface area (TPSA) is 95.9 Å². The van der Waals surface area contributed by atoms with E-state index in [1.54, 1.807) is 25.6 Å². The third kappa shape index (κ3) is 8.39. The van der Waals surface area contributed by atoms with Crippen LogP contribution in [0.1, 0.15) is 65.7 Å². The molecule has 1 aliphatic rings. The summed E-state index contributed by atoms with van der Waals surface area (Å²) in [5.74, 6) is -0.108. The van der Waals surface area contributed by atoms with E-state index in [4.69, 9.17) is 4.74 Å². The van der Waals surface area contributed by atoms with Gasteiger partial charge in [0.05, 0.1) is 12.6 Å². The molecular formula is C20H36N2O5S. The highest BCUT2D eigenvalue weighted by molar-refractivity contribution is 7.99. The fourth-order valence-corrected chi connectivity index (χ4v) is 4.39. The Hall–Kier alpha value is -1.28. The zero-order chi connectivity index (χ0) is 20.9. The van der Waals surface area contributed by atoms with Crippen LogP contribution in [0.15, 0.2) is 0 Å². The van der Waals surface area contributed by atoms with Crippen molar-refractivity contribution < 1.29 is 24.2 Å². The van der Waals surface area contributed by atoms with E-state index in [9.17, 15) is 19.5 Å². The van der Waals surface area contributed by atoms with E-state index in [0.717, 1.165) is 12.2 Å². The van der Waals surface area contributed by atoms with Gasteiger partial charge in [-0.1, -0.05) is 32.6 Å². The molecule has 1 rings (SSSR count). The molecular weight excluding hydrogens is 380 g/mol. The number of nitrogens with one attached hydrogen (secondary N) is 1. The van der Waals surface area contributed by atoms with E-state index in [0.29, 0.717) is 25.1 Å². The molecule has 1 aliphatic heterocycles. The summed E-state index contributed by atoms with van der Waals surface area (Å²) in [6, 6.07) is -1.99. The molecule has 1 amide bonds. The zero-order valence-electron chi connectivity index (χ0n) is 17.4. The van der Waals surface area contributed by atoms with Gasteiger partial charge in [-0.25, -0.2) is 4.79 Å². The van der Waals surface area contributed by atoms with Gasteiger partial charge >= 0.3 is 11.9 Å². The average Bonchev–Trinajstić information content (AvgIpc) is 3.15. The molecule has 0 unspecified atom stereocenters. The minimum absolute atomic E-state index is 0.274. The lowest BCUT2D eigenvalue weighted by atomic mass is 10.2. The summed E-state index contributed by atoms with van der Waals surface area (Å²) in [7, 11) is 0. The van der Waals surface area contributed by atoms with E-state index in [-0.39, 0.29) is 18.5 Å². The van der Waals surface area contributed by atoms with Crippen molar-refractivity contribution in [3.8, 4) is 0 Å². The average molecular weight is 417 g/mol. The fourth-order valence-electron chi connectivity index (χ4n) is 3.34. The maximum atomic E-state index is 12.7. The van der Waals surface area contributed by atoms with Crippen LogP contribution in [-0.4, -0.2) is 70.6 Å². The van der Waals surface area contributed by atoms with Crippen LogP contribution in [0.2, 0.25) is 0 Å². The van der Waals surface area contributed by atoms with Crippen LogP contribution in [-0.2, 0) is 19.1 Å². The largest absolute Gasteiger partial charge is 0.480 e. The Morgan fingerprint density at radius 2 is 1.93 bits per heavy atom. The van der Waals surface area contributed by atoms with Crippen molar-refractivity contribution in [1.29, 1.82) is 0 Å². The standard InChI is InChI=1S/C20H36N2O5S/c1-4-6-7-8-9-13-28-14-16(20(26)27-5-2)21-15(3)18(23)22-12-10-11-17(22)19(24)25/h15-17,21H,4-14H2,1-3H3,(H,24,25)/t15-,16-,17+/m0/s1. The number of carboxylic acids is 1. The number of ether oxygens (including phenoxy) is 1. The predicted octanol–water partition coefficient (Wildman–Crippen LogP) is 2.68. The van der Waals surface area contributed by atoms with E-state index >= 15 is 0 Å². The zero-order valence-corrected chi connectivity index (χ0v) is 18.3. The number of aliphatic carboxylic acids is 1. The first-order valence-electron chi connectivity index (χ1n) is 10.5. The predicted molar refractivity (Wildman–Crippen MR) is 111 cm³/mol. The first-order valence-corrected chi connectivity index (χ1v) is 11.6. The Morgan fingerprint density at radius 3 is 2.57 bits per heavy atom. The normalized spacial score (nSPS) is 18.7. The van der Waals surface area contributed by atoms with E-state index in [1.165, 1.54) is 30.6 Å². The van der Waals surface area contributed by atoms with Crippen molar-refractivity contribution in [3.05, 3.63) is 0 Å². The third-order valence-corrected chi connectivity index (χ3v) is 6.04. The van der Waals surface area contributed by atoms with Gasteiger partial charge in [0.2, 0.25) is 5.91 Å². The molecule has 0 spiro atoms. The maximum Gasteiger partial charge on any atom is 0.326 e. The van der Waals surface area contributed by atoms with Crippen LogP contribution < -0.4 is 5.32 Å². The van der Waals surface area contributed by atoms with Gasteiger partial charge in [0.1, 0.15) is 12.1 Å². The van der Waals surface area contributed by atoms with Crippen molar-refractivity contribution in [3.63, 3.8) is 0 Å². The van der Waals surface area contributed by atoms with Crippen LogP contribution >= 0.6 is 11.8 Å². The number of carbonyl (C=O) groups excluding carboxylic acids is 2. The van der Waals surface area contributed by atoms with Gasteiger partial charge in [0.25, 0.3) is 0 Å². The molecule has 0 aromatic rings. The summed E-state index contributed by atoms with van der Waals surface area (Å²) >= 11 is 1.68. The lowest BCUT2D eigenvalue weighted by molar-refractivity contribution is -0.150. The number of hydrogen-bond donors (Lipinski definition) is 2. The number of hydrogen-bond acceptors (Lipinski definition) is 6. The molecule has 28 heavy (non-hydrogen) atoms. The first kappa shape index (κ1) is 24.8. The van der Waals surface area contributed by atoms with E-state index < -0.39 is 24.1 Å². The monoisotopic (exact) mass is 416 g/mol. The Morgan fingerprint density at radius 1 is 1.21 bits per heavy atom. The number of rotatable bonds is 14. The number of likely N-dealkylation sites (tertiary alicyclic amines) is 1. The van der Waals surface area contributed by atoms with Crippen LogP contribution in [0.25, 0.3) is 0 Å². The van der Waals surface area contributed by atoms with Gasteiger partial charge in [-0.2, -0.15) is 11.8 Å². The second-order valence-corrected chi connectivity index (χ2v) is 8.36. The first-order chi connectivity index (χ1) is 13.4. The van der Waals surface area contributed by atoms with Gasteiger partial charge in [-0.05, 0) is 38.9 Å². The van der Waals surface area contributed by atoms with Gasteiger partial charge in [0.15, 0.2) is 0 Å². The number of carboxylic acid groups (broad SMARTS) is 1. The van der Waals surface area contributed by atoms with Crippen molar-refractivity contribution in [2.24, 2.45) is 0 Å². The van der Waals surface area contributed by atoms with Gasteiger partial charge in [-0.3, -0.25) is 14.9 Å². The molecule has 0 aromatic carbocycles. The Bertz CT molecular complexity index is 503. The Kier molecular flexibility index (Phi) is 12.2. The lowest BCUT2D eigenvalue weighted by Gasteiger charge is -2.27. The highest BCUT2D eigenvalue weighted by atomic mass is 32.2.